The number of carbonyl (C=O) groups excluding carboxylic acids is 2. The first-order chi connectivity index (χ1) is 15.8. The largest absolute Gasteiger partial charge is 0.444 e. The molecule has 0 saturated carbocycles. The first-order valence-corrected chi connectivity index (χ1v) is 10.6. The second-order valence-corrected chi connectivity index (χ2v) is 8.61. The van der Waals surface area contributed by atoms with E-state index in [4.69, 9.17) is 4.74 Å². The number of H-pyrrole nitrogens is 2. The molecule has 0 fully saturated rings. The number of carbonyl (C=O) groups is 2. The minimum atomic E-state index is -0.613. The summed E-state index contributed by atoms with van der Waals surface area (Å²) < 4.78 is 5.33. The number of ether oxygens (including phenoxy) is 1. The van der Waals surface area contributed by atoms with E-state index in [1.165, 1.54) is 0 Å². The lowest BCUT2D eigenvalue weighted by molar-refractivity contribution is 0.0520. The minimum Gasteiger partial charge on any atom is -0.444 e. The van der Waals surface area contributed by atoms with E-state index in [1.807, 2.05) is 42.5 Å². The highest BCUT2D eigenvalue weighted by atomic mass is 16.6. The van der Waals surface area contributed by atoms with Gasteiger partial charge in [0.2, 0.25) is 0 Å². The molecule has 0 aliphatic carbocycles. The predicted molar refractivity (Wildman–Crippen MR) is 127 cm³/mol. The molecule has 34 heavy (non-hydrogen) atoms. The molecule has 0 spiro atoms. The summed E-state index contributed by atoms with van der Waals surface area (Å²) in [5.41, 5.74) is 2.85. The number of nitrogens with one attached hydrogen (secondary N) is 4. The Labute approximate surface area is 197 Å². The predicted octanol–water partition coefficient (Wildman–Crippen LogP) is 3.47. The van der Waals surface area contributed by atoms with Crippen molar-refractivity contribution in [3.8, 4) is 11.3 Å². The number of hydrogen-bond donors (Lipinski definition) is 4. The van der Waals surface area contributed by atoms with Gasteiger partial charge in [-0.3, -0.25) is 15.0 Å². The number of para-hydroxylation sites is 1. The molecule has 0 saturated heterocycles. The van der Waals surface area contributed by atoms with Crippen LogP contribution in [0.25, 0.3) is 22.2 Å². The van der Waals surface area contributed by atoms with Crippen LogP contribution in [0, 0.1) is 0 Å². The van der Waals surface area contributed by atoms with Gasteiger partial charge in [-0.05, 0) is 32.4 Å². The fraction of sp³-hybridized carbons (Fsp3) is 0.250. The number of aromatic nitrogens is 4. The van der Waals surface area contributed by atoms with Crippen LogP contribution in [0.15, 0.2) is 60.9 Å². The Hall–Kier alpha value is -4.18. The molecule has 4 rings (SSSR count). The molecular formula is C24H26N7O3. The molecule has 4 N–H and O–H groups in total. The van der Waals surface area contributed by atoms with Crippen LogP contribution in [0.1, 0.15) is 42.7 Å². The smallest absolute Gasteiger partial charge is 0.407 e. The first-order valence-electron chi connectivity index (χ1n) is 10.6. The molecule has 4 aromatic rings. The Kier molecular flexibility index (Phi) is 7.32. The Bertz CT molecular complexity index is 1240. The average molecular weight is 461 g/mol. The molecule has 2 aromatic heterocycles. The maximum absolute atomic E-state index is 13.3. The number of nitrogens with zero attached hydrogens (tertiary/aromatic N) is 3. The summed E-state index contributed by atoms with van der Waals surface area (Å²) in [7, 11) is 0. The van der Waals surface area contributed by atoms with Crippen molar-refractivity contribution in [3.63, 3.8) is 0 Å². The van der Waals surface area contributed by atoms with Crippen LogP contribution < -0.4 is 16.8 Å². The van der Waals surface area contributed by atoms with Crippen LogP contribution in [0.4, 0.5) is 4.79 Å². The van der Waals surface area contributed by atoms with E-state index < -0.39 is 17.7 Å². The Morgan fingerprint density at radius 1 is 1.09 bits per heavy atom. The van der Waals surface area contributed by atoms with Gasteiger partial charge in [-0.15, -0.1) is 0 Å². The van der Waals surface area contributed by atoms with Gasteiger partial charge in [0.05, 0.1) is 23.3 Å². The Morgan fingerprint density at radius 3 is 2.53 bits per heavy atom. The molecule has 2 heterocycles. The minimum absolute atomic E-state index is 0. The van der Waals surface area contributed by atoms with E-state index in [-0.39, 0.29) is 18.6 Å². The number of fused-ring (bicyclic) bond motifs is 1. The summed E-state index contributed by atoms with van der Waals surface area (Å²) in [5.74, 6) is -0.289. The molecule has 10 nitrogen and oxygen atoms in total. The number of benzene rings is 2. The number of amides is 2. The van der Waals surface area contributed by atoms with Crippen LogP contribution in [0.2, 0.25) is 0 Å². The van der Waals surface area contributed by atoms with Gasteiger partial charge in [-0.1, -0.05) is 42.5 Å². The lowest BCUT2D eigenvalue weighted by Gasteiger charge is -2.23. The molecule has 175 valence electrons. The van der Waals surface area contributed by atoms with Crippen molar-refractivity contribution in [2.75, 3.05) is 6.54 Å². The Morgan fingerprint density at radius 2 is 1.85 bits per heavy atom. The third-order valence-corrected chi connectivity index (χ3v) is 4.97. The lowest BCUT2D eigenvalue weighted by Crippen LogP contribution is -2.40. The molecule has 3 radical (unpaired) electrons. The molecule has 0 aliphatic rings. The number of aromatic amines is 2. The van der Waals surface area contributed by atoms with E-state index in [1.54, 1.807) is 39.2 Å². The number of hydrogen-bond acceptors (Lipinski definition) is 5. The van der Waals surface area contributed by atoms with Gasteiger partial charge >= 0.3 is 6.09 Å². The SMILES string of the molecule is CC(C)(C)OC(=O)NC[C@H](NC(=O)c1cccc2c(-c3cn[nH]c3)n[nH]c12)c1ccccc1.[N]. The maximum Gasteiger partial charge on any atom is 0.407 e. The highest BCUT2D eigenvalue weighted by Crippen LogP contribution is 2.27. The Balaban J connectivity index is 0.00000324. The average Bonchev–Trinajstić information content (AvgIpc) is 3.45. The molecule has 2 amide bonds. The van der Waals surface area contributed by atoms with Gasteiger partial charge in [-0.25, -0.2) is 4.79 Å². The zero-order valence-corrected chi connectivity index (χ0v) is 19.1. The number of alkyl carbamates (subject to hydrolysis) is 1. The topological polar surface area (TPSA) is 155 Å². The number of rotatable bonds is 6. The van der Waals surface area contributed by atoms with Crippen LogP contribution in [-0.2, 0) is 4.74 Å². The summed E-state index contributed by atoms with van der Waals surface area (Å²) in [6.45, 7) is 5.56. The molecule has 0 bridgehead atoms. The second-order valence-electron chi connectivity index (χ2n) is 8.61. The fourth-order valence-corrected chi connectivity index (χ4v) is 3.50. The molecule has 0 unspecified atom stereocenters. The van der Waals surface area contributed by atoms with E-state index in [9.17, 15) is 9.59 Å². The van der Waals surface area contributed by atoms with Gasteiger partial charge in [0.25, 0.3) is 5.91 Å². The lowest BCUT2D eigenvalue weighted by atomic mass is 10.0. The third kappa shape index (κ3) is 5.59. The van der Waals surface area contributed by atoms with Gasteiger partial charge in [0, 0.05) is 29.8 Å². The summed E-state index contributed by atoms with van der Waals surface area (Å²) in [6, 6.07) is 14.4. The van der Waals surface area contributed by atoms with Crippen molar-refractivity contribution in [3.05, 3.63) is 72.1 Å². The van der Waals surface area contributed by atoms with Crippen molar-refractivity contribution in [2.45, 2.75) is 32.4 Å². The van der Waals surface area contributed by atoms with E-state index in [0.29, 0.717) is 16.8 Å². The summed E-state index contributed by atoms with van der Waals surface area (Å²) in [4.78, 5) is 25.5. The van der Waals surface area contributed by atoms with Crippen molar-refractivity contribution >= 4 is 22.9 Å². The van der Waals surface area contributed by atoms with E-state index in [2.05, 4.69) is 31.0 Å². The first kappa shape index (κ1) is 24.5. The van der Waals surface area contributed by atoms with Crippen molar-refractivity contribution < 1.29 is 14.3 Å². The van der Waals surface area contributed by atoms with Crippen molar-refractivity contribution in [2.24, 2.45) is 0 Å². The highest BCUT2D eigenvalue weighted by molar-refractivity contribution is 6.08. The molecule has 10 heteroatoms. The summed E-state index contributed by atoms with van der Waals surface area (Å²) >= 11 is 0. The quantitative estimate of drug-likeness (QED) is 0.347. The van der Waals surface area contributed by atoms with Gasteiger partial charge < -0.3 is 15.4 Å². The molecule has 2 aromatic carbocycles. The normalized spacial score (nSPS) is 12.0. The second kappa shape index (κ2) is 10.2. The van der Waals surface area contributed by atoms with Crippen LogP contribution in [-0.4, -0.2) is 44.5 Å². The standard InChI is InChI=1S/C24H26N6O3.N/c1-24(2,3)33-23(32)25-14-19(15-8-5-4-6-9-15)28-22(31)18-11-7-10-17-20(29-30-21(17)18)16-12-26-27-13-16;/h4-13,19H,14H2,1-3H3,(H,25,32)(H,26,27)(H,28,31)(H,29,30);/t19-;/m0./s1. The van der Waals surface area contributed by atoms with Gasteiger partial charge in [0.1, 0.15) is 11.3 Å². The van der Waals surface area contributed by atoms with Crippen LogP contribution in [0.3, 0.4) is 0 Å². The molecular weight excluding hydrogens is 434 g/mol. The zero-order valence-electron chi connectivity index (χ0n) is 19.1. The van der Waals surface area contributed by atoms with Gasteiger partial charge in [-0.2, -0.15) is 10.2 Å². The highest BCUT2D eigenvalue weighted by Gasteiger charge is 2.22. The van der Waals surface area contributed by atoms with E-state index in [0.717, 1.165) is 16.5 Å². The molecule has 0 aliphatic heterocycles. The summed E-state index contributed by atoms with van der Waals surface area (Å²) in [5, 5.41) is 20.7. The summed E-state index contributed by atoms with van der Waals surface area (Å²) in [6.07, 6.45) is 2.88. The molecule has 1 atom stereocenters. The third-order valence-electron chi connectivity index (χ3n) is 4.97. The monoisotopic (exact) mass is 460 g/mol. The van der Waals surface area contributed by atoms with Crippen LogP contribution in [0.5, 0.6) is 0 Å². The van der Waals surface area contributed by atoms with E-state index >= 15 is 0 Å². The van der Waals surface area contributed by atoms with Gasteiger partial charge in [0.15, 0.2) is 0 Å². The maximum atomic E-state index is 13.3. The zero-order chi connectivity index (χ0) is 23.4. The van der Waals surface area contributed by atoms with Crippen LogP contribution >= 0.6 is 0 Å². The van der Waals surface area contributed by atoms with Crippen molar-refractivity contribution in [1.29, 1.82) is 0 Å². The fourth-order valence-electron chi connectivity index (χ4n) is 3.50. The van der Waals surface area contributed by atoms with Crippen molar-refractivity contribution in [1.82, 2.24) is 37.2 Å².